The van der Waals surface area contributed by atoms with Gasteiger partial charge in [-0.25, -0.2) is 4.79 Å². The van der Waals surface area contributed by atoms with E-state index in [-0.39, 0.29) is 45.7 Å². The van der Waals surface area contributed by atoms with Crippen LogP contribution in [0.5, 0.6) is 0 Å². The van der Waals surface area contributed by atoms with E-state index >= 15 is 0 Å². The average Bonchev–Trinajstić information content (AvgIpc) is 3.44. The van der Waals surface area contributed by atoms with Crippen molar-refractivity contribution in [2.45, 2.75) is 24.1 Å². The van der Waals surface area contributed by atoms with Gasteiger partial charge in [-0.15, -0.1) is 23.2 Å². The third kappa shape index (κ3) is 4.09. The van der Waals surface area contributed by atoms with Gasteiger partial charge in [0.1, 0.15) is 0 Å². The maximum Gasteiger partial charge on any atom is 0.338 e. The fraction of sp³-hybridized carbons (Fsp3) is 0.360. The van der Waals surface area contributed by atoms with Crippen LogP contribution in [0.4, 0.5) is 11.4 Å². The van der Waals surface area contributed by atoms with Crippen molar-refractivity contribution in [3.63, 3.8) is 0 Å². The molecule has 35 heavy (non-hydrogen) atoms. The van der Waals surface area contributed by atoms with E-state index in [9.17, 15) is 19.2 Å². The summed E-state index contributed by atoms with van der Waals surface area (Å²) in [5.41, 5.74) is 1.71. The van der Waals surface area contributed by atoms with E-state index in [1.807, 2.05) is 6.92 Å². The van der Waals surface area contributed by atoms with Crippen molar-refractivity contribution in [1.29, 1.82) is 0 Å². The molecule has 1 N–H and O–H groups in total. The monoisotopic (exact) mass is 534 g/mol. The third-order valence-electron chi connectivity index (χ3n) is 7.14. The number of amides is 3. The molecule has 3 fully saturated rings. The summed E-state index contributed by atoms with van der Waals surface area (Å²) in [6, 6.07) is 11.1. The molecule has 1 saturated heterocycles. The van der Waals surface area contributed by atoms with Crippen LogP contribution in [0.25, 0.3) is 0 Å². The Balaban J connectivity index is 1.27. The predicted octanol–water partition coefficient (Wildman–Crippen LogP) is 4.41. The molecule has 10 heteroatoms. The lowest BCUT2D eigenvalue weighted by atomic mass is 9.80. The van der Waals surface area contributed by atoms with Crippen LogP contribution in [0.15, 0.2) is 42.5 Å². The molecule has 0 unspecified atom stereocenters. The van der Waals surface area contributed by atoms with Crippen molar-refractivity contribution in [3.8, 4) is 0 Å². The fourth-order valence-corrected chi connectivity index (χ4v) is 6.57. The van der Waals surface area contributed by atoms with Gasteiger partial charge in [0.15, 0.2) is 6.61 Å². The number of anilines is 2. The number of fused-ring (bicyclic) bond motifs is 5. The first kappa shape index (κ1) is 24.1. The number of aryl methyl sites for hydroxylation is 1. The number of hydrogen-bond acceptors (Lipinski definition) is 5. The minimum Gasteiger partial charge on any atom is -0.452 e. The Bertz CT molecular complexity index is 1220. The second-order valence-electron chi connectivity index (χ2n) is 9.15. The standard InChI is InChI=1S/C25H21Cl3N2O5/c1-11-5-6-13(26)8-17(11)29-18(31)10-35-25(34)12-3-2-4-14(7-12)30-23(32)19-15-9-16(20(19)24(30)33)22(28)21(15)27/h2-8,15-16,19-22H,9-10H2,1H3,(H,29,31)/t15-,16-,19-,20+,21+,22+/m1/s1. The van der Waals surface area contributed by atoms with Gasteiger partial charge in [0.2, 0.25) is 11.8 Å². The summed E-state index contributed by atoms with van der Waals surface area (Å²) in [7, 11) is 0. The van der Waals surface area contributed by atoms with Crippen molar-refractivity contribution in [3.05, 3.63) is 58.6 Å². The zero-order valence-electron chi connectivity index (χ0n) is 18.5. The number of nitrogens with zero attached hydrogens (tertiary/aromatic N) is 1. The molecule has 6 atom stereocenters. The van der Waals surface area contributed by atoms with E-state index in [1.165, 1.54) is 12.1 Å². The number of alkyl halides is 2. The summed E-state index contributed by atoms with van der Waals surface area (Å²) in [6.45, 7) is 1.29. The van der Waals surface area contributed by atoms with Gasteiger partial charge in [-0.2, -0.15) is 0 Å². The van der Waals surface area contributed by atoms with E-state index in [0.29, 0.717) is 17.1 Å². The normalized spacial score (nSPS) is 28.9. The Hall–Kier alpha value is -2.61. The maximum absolute atomic E-state index is 13.2. The first-order chi connectivity index (χ1) is 16.7. The van der Waals surface area contributed by atoms with E-state index < -0.39 is 30.3 Å². The van der Waals surface area contributed by atoms with Gasteiger partial charge < -0.3 is 10.1 Å². The smallest absolute Gasteiger partial charge is 0.338 e. The first-order valence-electron chi connectivity index (χ1n) is 11.2. The Labute approximate surface area is 216 Å². The molecular formula is C25H21Cl3N2O5. The van der Waals surface area contributed by atoms with Crippen molar-refractivity contribution in [2.75, 3.05) is 16.8 Å². The van der Waals surface area contributed by atoms with Crippen LogP contribution in [0, 0.1) is 30.6 Å². The minimum absolute atomic E-state index is 0.111. The lowest BCUT2D eigenvalue weighted by Gasteiger charge is -2.28. The number of benzene rings is 2. The molecule has 2 bridgehead atoms. The van der Waals surface area contributed by atoms with Crippen molar-refractivity contribution in [2.24, 2.45) is 23.7 Å². The topological polar surface area (TPSA) is 92.8 Å². The number of ether oxygens (including phenoxy) is 1. The Morgan fingerprint density at radius 2 is 1.69 bits per heavy atom. The van der Waals surface area contributed by atoms with Crippen LogP contribution in [0.1, 0.15) is 22.3 Å². The number of carbonyl (C=O) groups is 4. The number of carbonyl (C=O) groups excluding carboxylic acids is 4. The quantitative estimate of drug-likeness (QED) is 0.348. The first-order valence-corrected chi connectivity index (χ1v) is 12.4. The van der Waals surface area contributed by atoms with Gasteiger partial charge in [-0.3, -0.25) is 19.3 Å². The van der Waals surface area contributed by atoms with Gasteiger partial charge in [0.25, 0.3) is 5.91 Å². The largest absolute Gasteiger partial charge is 0.452 e. The highest BCUT2D eigenvalue weighted by molar-refractivity contribution is 6.32. The molecule has 5 rings (SSSR count). The highest BCUT2D eigenvalue weighted by atomic mass is 35.5. The summed E-state index contributed by atoms with van der Waals surface area (Å²) in [4.78, 5) is 52.4. The second kappa shape index (κ2) is 9.12. The van der Waals surface area contributed by atoms with Gasteiger partial charge in [0.05, 0.1) is 33.8 Å². The van der Waals surface area contributed by atoms with Crippen LogP contribution in [-0.2, 0) is 19.1 Å². The zero-order valence-corrected chi connectivity index (χ0v) is 20.8. The Kier molecular flexibility index (Phi) is 6.28. The number of hydrogen-bond donors (Lipinski definition) is 1. The van der Waals surface area contributed by atoms with Crippen molar-refractivity contribution < 1.29 is 23.9 Å². The number of imide groups is 1. The maximum atomic E-state index is 13.2. The lowest BCUT2D eigenvalue weighted by molar-refractivity contribution is -0.123. The van der Waals surface area contributed by atoms with Crippen molar-refractivity contribution in [1.82, 2.24) is 0 Å². The molecule has 2 saturated carbocycles. The SMILES string of the molecule is Cc1ccc(Cl)cc1NC(=O)COC(=O)c1cccc(N2C(=O)[C@@H]3[C@H]4C[C@@H]([C@H](Cl)[C@H]4Cl)[C@@H]3C2=O)c1. The van der Waals surface area contributed by atoms with Crippen LogP contribution in [0.3, 0.4) is 0 Å². The Morgan fingerprint density at radius 3 is 2.34 bits per heavy atom. The van der Waals surface area contributed by atoms with Crippen LogP contribution in [-0.4, -0.2) is 41.1 Å². The summed E-state index contributed by atoms with van der Waals surface area (Å²) >= 11 is 18.8. The number of rotatable bonds is 5. The number of nitrogens with one attached hydrogen (secondary N) is 1. The fourth-order valence-electron chi connectivity index (χ4n) is 5.50. The minimum atomic E-state index is -0.759. The molecule has 1 aliphatic heterocycles. The van der Waals surface area contributed by atoms with Gasteiger partial charge in [0, 0.05) is 10.7 Å². The molecule has 0 spiro atoms. The molecule has 7 nitrogen and oxygen atoms in total. The molecule has 2 aliphatic carbocycles. The van der Waals surface area contributed by atoms with Gasteiger partial charge in [-0.05, 0) is 61.1 Å². The van der Waals surface area contributed by atoms with E-state index in [2.05, 4.69) is 5.32 Å². The Morgan fingerprint density at radius 1 is 1.03 bits per heavy atom. The molecule has 182 valence electrons. The zero-order chi connectivity index (χ0) is 25.0. The average molecular weight is 536 g/mol. The highest BCUT2D eigenvalue weighted by Crippen LogP contribution is 2.59. The second-order valence-corrected chi connectivity index (χ2v) is 10.6. The predicted molar refractivity (Wildman–Crippen MR) is 132 cm³/mol. The molecule has 2 aromatic carbocycles. The lowest BCUT2D eigenvalue weighted by Crippen LogP contribution is -2.37. The molecular weight excluding hydrogens is 515 g/mol. The summed E-state index contributed by atoms with van der Waals surface area (Å²) in [5, 5.41) is 2.42. The molecule has 3 aliphatic rings. The highest BCUT2D eigenvalue weighted by Gasteiger charge is 2.66. The van der Waals surface area contributed by atoms with Crippen LogP contribution in [0.2, 0.25) is 5.02 Å². The third-order valence-corrected chi connectivity index (χ3v) is 8.69. The van der Waals surface area contributed by atoms with Gasteiger partial charge >= 0.3 is 5.97 Å². The summed E-state index contributed by atoms with van der Waals surface area (Å²) < 4.78 is 5.14. The van der Waals surface area contributed by atoms with E-state index in [0.717, 1.165) is 10.5 Å². The van der Waals surface area contributed by atoms with E-state index in [1.54, 1.807) is 30.3 Å². The number of halogens is 3. The number of esters is 1. The molecule has 3 amide bonds. The summed E-state index contributed by atoms with van der Waals surface area (Å²) in [5.74, 6) is -3.16. The molecule has 0 aromatic heterocycles. The molecule has 2 aromatic rings. The summed E-state index contributed by atoms with van der Waals surface area (Å²) in [6.07, 6.45) is 0.673. The van der Waals surface area contributed by atoms with Crippen molar-refractivity contribution >= 4 is 69.9 Å². The van der Waals surface area contributed by atoms with Gasteiger partial charge in [-0.1, -0.05) is 23.7 Å². The molecule has 0 radical (unpaired) electrons. The van der Waals surface area contributed by atoms with Crippen LogP contribution >= 0.6 is 34.8 Å². The van der Waals surface area contributed by atoms with E-state index in [4.69, 9.17) is 39.5 Å². The molecule has 1 heterocycles. The van der Waals surface area contributed by atoms with Crippen LogP contribution < -0.4 is 10.2 Å².